The average Bonchev–Trinajstić information content (AvgIpc) is 3.43. The molecule has 6 nitrogen and oxygen atoms in total. The molecule has 0 bridgehead atoms. The molecule has 2 aromatic carbocycles. The molecule has 1 aliphatic heterocycles. The van der Waals surface area contributed by atoms with Crippen LogP contribution in [0.5, 0.6) is 11.5 Å². The van der Waals surface area contributed by atoms with E-state index in [1.807, 2.05) is 23.1 Å². The lowest BCUT2D eigenvalue weighted by molar-refractivity contribution is -0.135. The van der Waals surface area contributed by atoms with Crippen molar-refractivity contribution in [2.45, 2.75) is 52.5 Å². The van der Waals surface area contributed by atoms with E-state index < -0.39 is 0 Å². The topological polar surface area (TPSA) is 59.1 Å². The van der Waals surface area contributed by atoms with Gasteiger partial charge in [0.25, 0.3) is 5.91 Å². The lowest BCUT2D eigenvalue weighted by Crippen LogP contribution is -2.48. The number of ether oxygens (including phenoxy) is 2. The van der Waals surface area contributed by atoms with Crippen LogP contribution in [0.15, 0.2) is 60.0 Å². The molecule has 208 valence electrons. The van der Waals surface area contributed by atoms with Gasteiger partial charge in [0.1, 0.15) is 24.7 Å². The zero-order valence-electron chi connectivity index (χ0n) is 23.7. The Balaban J connectivity index is 1.52. The number of rotatable bonds is 11. The fourth-order valence-electron chi connectivity index (χ4n) is 4.86. The molecule has 0 unspecified atom stereocenters. The Morgan fingerprint density at radius 1 is 1.05 bits per heavy atom. The molecular formula is C32H40N2O4S. The number of hydrogen-bond acceptors (Lipinski definition) is 5. The summed E-state index contributed by atoms with van der Waals surface area (Å²) in [4.78, 5) is 32.3. The van der Waals surface area contributed by atoms with E-state index in [4.69, 9.17) is 9.47 Å². The normalized spacial score (nSPS) is 14.8. The molecule has 0 fully saturated rings. The number of methoxy groups -OCH3 is 1. The highest BCUT2D eigenvalue weighted by Gasteiger charge is 2.33. The van der Waals surface area contributed by atoms with Crippen LogP contribution < -0.4 is 9.47 Å². The molecule has 4 rings (SSSR count). The lowest BCUT2D eigenvalue weighted by atomic mass is 10.00. The molecule has 0 N–H and O–H groups in total. The predicted octanol–water partition coefficient (Wildman–Crippen LogP) is 6.57. The smallest absolute Gasteiger partial charge is 0.254 e. The van der Waals surface area contributed by atoms with E-state index in [0.717, 1.165) is 24.2 Å². The van der Waals surface area contributed by atoms with Gasteiger partial charge in [0.2, 0.25) is 5.91 Å². The molecule has 2 heterocycles. The first-order valence-corrected chi connectivity index (χ1v) is 14.7. The highest BCUT2D eigenvalue weighted by atomic mass is 32.1. The van der Waals surface area contributed by atoms with Crippen molar-refractivity contribution in [2.24, 2.45) is 5.92 Å². The Hall–Kier alpha value is -3.32. The molecule has 0 saturated heterocycles. The molecule has 1 aliphatic rings. The first-order chi connectivity index (χ1) is 18.8. The summed E-state index contributed by atoms with van der Waals surface area (Å²) >= 11 is 1.73. The minimum absolute atomic E-state index is 0.0296. The van der Waals surface area contributed by atoms with Gasteiger partial charge in [0.05, 0.1) is 13.2 Å². The van der Waals surface area contributed by atoms with Gasteiger partial charge in [-0.1, -0.05) is 45.9 Å². The monoisotopic (exact) mass is 548 g/mol. The molecule has 2 amide bonds. The molecule has 0 spiro atoms. The third-order valence-electron chi connectivity index (χ3n) is 7.28. The Kier molecular flexibility index (Phi) is 9.68. The summed E-state index contributed by atoms with van der Waals surface area (Å²) in [5.74, 6) is 2.06. The van der Waals surface area contributed by atoms with E-state index in [0.29, 0.717) is 42.8 Å². The van der Waals surface area contributed by atoms with E-state index in [1.165, 1.54) is 10.4 Å². The van der Waals surface area contributed by atoms with Gasteiger partial charge in [-0.15, -0.1) is 11.3 Å². The van der Waals surface area contributed by atoms with Crippen LogP contribution in [0.25, 0.3) is 0 Å². The number of nitrogens with zero attached hydrogens (tertiary/aromatic N) is 2. The predicted molar refractivity (Wildman–Crippen MR) is 157 cm³/mol. The van der Waals surface area contributed by atoms with E-state index in [2.05, 4.69) is 51.3 Å². The average molecular weight is 549 g/mol. The van der Waals surface area contributed by atoms with Crippen molar-refractivity contribution in [3.63, 3.8) is 0 Å². The minimum Gasteiger partial charge on any atom is -0.497 e. The van der Waals surface area contributed by atoms with Crippen LogP contribution in [0.2, 0.25) is 0 Å². The molecule has 7 heteroatoms. The number of hydrogen-bond donors (Lipinski definition) is 0. The largest absolute Gasteiger partial charge is 0.497 e. The van der Waals surface area contributed by atoms with Crippen LogP contribution in [0.4, 0.5) is 0 Å². The number of amides is 2. The summed E-state index contributed by atoms with van der Waals surface area (Å²) in [7, 11) is 1.58. The van der Waals surface area contributed by atoms with E-state index in [1.54, 1.807) is 41.5 Å². The summed E-state index contributed by atoms with van der Waals surface area (Å²) in [6.45, 7) is 10.1. The van der Waals surface area contributed by atoms with Crippen LogP contribution in [0.3, 0.4) is 0 Å². The number of benzene rings is 2. The maximum absolute atomic E-state index is 13.8. The summed E-state index contributed by atoms with van der Waals surface area (Å²) in [5, 5.41) is 2.09. The van der Waals surface area contributed by atoms with Crippen LogP contribution >= 0.6 is 11.3 Å². The van der Waals surface area contributed by atoms with Gasteiger partial charge < -0.3 is 19.3 Å². The van der Waals surface area contributed by atoms with Crippen molar-refractivity contribution in [1.29, 1.82) is 0 Å². The van der Waals surface area contributed by atoms with Crippen LogP contribution in [0.1, 0.15) is 72.4 Å². The second kappa shape index (κ2) is 13.2. The molecule has 1 atom stereocenters. The van der Waals surface area contributed by atoms with Crippen molar-refractivity contribution in [1.82, 2.24) is 9.80 Å². The zero-order chi connectivity index (χ0) is 27.9. The second-order valence-electron chi connectivity index (χ2n) is 10.8. The zero-order valence-corrected chi connectivity index (χ0v) is 24.5. The molecular weight excluding hydrogens is 508 g/mol. The molecule has 0 aliphatic carbocycles. The van der Waals surface area contributed by atoms with Gasteiger partial charge in [0, 0.05) is 23.5 Å². The summed E-state index contributed by atoms with van der Waals surface area (Å²) < 4.78 is 11.6. The van der Waals surface area contributed by atoms with Gasteiger partial charge >= 0.3 is 0 Å². The van der Waals surface area contributed by atoms with Crippen molar-refractivity contribution in [2.75, 3.05) is 33.4 Å². The lowest BCUT2D eigenvalue weighted by Gasteiger charge is -2.37. The van der Waals surface area contributed by atoms with E-state index >= 15 is 0 Å². The fraction of sp³-hybridized carbons (Fsp3) is 0.438. The fourth-order valence-corrected chi connectivity index (χ4v) is 5.79. The number of thiophene rings is 1. The summed E-state index contributed by atoms with van der Waals surface area (Å²) in [6, 6.07) is 17.2. The van der Waals surface area contributed by atoms with Crippen molar-refractivity contribution in [3.05, 3.63) is 81.5 Å². The quantitative estimate of drug-likeness (QED) is 0.272. The van der Waals surface area contributed by atoms with Gasteiger partial charge in [0.15, 0.2) is 0 Å². The standard InChI is InChI=1S/C32H40N2O4S/c1-22(2)13-16-33(32(36)25-7-6-8-27(19-25)37-5)20-31(35)34-17-14-30-28(15-18-39-30)29(34)21-38-26-11-9-24(10-12-26)23(3)4/h6-12,15,18-19,22-23,29H,13-14,16-17,20-21H2,1-5H3/t29-/m1/s1. The maximum atomic E-state index is 13.8. The van der Waals surface area contributed by atoms with E-state index in [9.17, 15) is 9.59 Å². The Bertz CT molecular complexity index is 1250. The van der Waals surface area contributed by atoms with Gasteiger partial charge in [-0.2, -0.15) is 0 Å². The Labute approximate surface area is 236 Å². The maximum Gasteiger partial charge on any atom is 0.254 e. The van der Waals surface area contributed by atoms with E-state index in [-0.39, 0.29) is 24.4 Å². The molecule has 39 heavy (non-hydrogen) atoms. The summed E-state index contributed by atoms with van der Waals surface area (Å²) in [5.41, 5.74) is 2.93. The third kappa shape index (κ3) is 7.21. The second-order valence-corrected chi connectivity index (χ2v) is 11.8. The van der Waals surface area contributed by atoms with Crippen LogP contribution in [-0.2, 0) is 11.2 Å². The Morgan fingerprint density at radius 3 is 2.51 bits per heavy atom. The highest BCUT2D eigenvalue weighted by molar-refractivity contribution is 7.10. The SMILES string of the molecule is COc1cccc(C(=O)N(CCC(C)C)CC(=O)N2CCc3sccc3[C@H]2COc2ccc(C(C)C)cc2)c1. The van der Waals surface area contributed by atoms with Crippen LogP contribution in [-0.4, -0.2) is 55.0 Å². The number of fused-ring (bicyclic) bond motifs is 1. The van der Waals surface area contributed by atoms with Crippen LogP contribution in [0, 0.1) is 5.92 Å². The van der Waals surface area contributed by atoms with Crippen molar-refractivity contribution < 1.29 is 19.1 Å². The highest BCUT2D eigenvalue weighted by Crippen LogP contribution is 2.34. The first-order valence-electron chi connectivity index (χ1n) is 13.8. The number of carbonyl (C=O) groups is 2. The van der Waals surface area contributed by atoms with Crippen molar-refractivity contribution >= 4 is 23.2 Å². The molecule has 0 radical (unpaired) electrons. The molecule has 1 aromatic heterocycles. The Morgan fingerprint density at radius 2 is 1.82 bits per heavy atom. The van der Waals surface area contributed by atoms with Gasteiger partial charge in [-0.25, -0.2) is 0 Å². The molecule has 3 aromatic rings. The summed E-state index contributed by atoms with van der Waals surface area (Å²) in [6.07, 6.45) is 1.63. The van der Waals surface area contributed by atoms with Gasteiger partial charge in [-0.05, 0) is 77.6 Å². The first kappa shape index (κ1) is 28.7. The van der Waals surface area contributed by atoms with Crippen molar-refractivity contribution in [3.8, 4) is 11.5 Å². The van der Waals surface area contributed by atoms with Gasteiger partial charge in [-0.3, -0.25) is 9.59 Å². The molecule has 0 saturated carbocycles. The minimum atomic E-state index is -0.198. The number of carbonyl (C=O) groups excluding carboxylic acids is 2. The third-order valence-corrected chi connectivity index (χ3v) is 8.27.